The van der Waals surface area contributed by atoms with Gasteiger partial charge in [0.1, 0.15) is 17.7 Å². The number of nitrogens with zero attached hydrogens (tertiary/aromatic N) is 6. The molecule has 0 aliphatic carbocycles. The molecule has 5 rings (SSSR count). The van der Waals surface area contributed by atoms with E-state index in [0.717, 1.165) is 28.0 Å². The van der Waals surface area contributed by atoms with Crippen LogP contribution >= 0.6 is 0 Å². The van der Waals surface area contributed by atoms with Gasteiger partial charge in [-0.25, -0.2) is 13.9 Å². The van der Waals surface area contributed by atoms with Crippen LogP contribution in [-0.2, 0) is 16.1 Å². The summed E-state index contributed by atoms with van der Waals surface area (Å²) in [5.41, 5.74) is 3.51. The van der Waals surface area contributed by atoms with Gasteiger partial charge in [0.05, 0.1) is 37.4 Å². The zero-order valence-electron chi connectivity index (χ0n) is 20.1. The van der Waals surface area contributed by atoms with Gasteiger partial charge in [0.2, 0.25) is 5.91 Å². The number of anilines is 1. The molecule has 4 heterocycles. The lowest BCUT2D eigenvalue weighted by Gasteiger charge is -2.39. The van der Waals surface area contributed by atoms with Crippen LogP contribution in [0.5, 0.6) is 0 Å². The van der Waals surface area contributed by atoms with Gasteiger partial charge < -0.3 is 20.1 Å². The number of rotatable bonds is 9. The lowest BCUT2D eigenvalue weighted by Crippen LogP contribution is -2.54. The molecule has 1 fully saturated rings. The van der Waals surface area contributed by atoms with Crippen LogP contribution in [0, 0.1) is 11.7 Å². The highest BCUT2D eigenvalue weighted by Gasteiger charge is 2.35. The molecule has 36 heavy (non-hydrogen) atoms. The second kappa shape index (κ2) is 10.0. The van der Waals surface area contributed by atoms with E-state index in [9.17, 15) is 14.3 Å². The summed E-state index contributed by atoms with van der Waals surface area (Å²) in [6.45, 7) is 3.56. The van der Waals surface area contributed by atoms with Gasteiger partial charge in [-0.3, -0.25) is 9.48 Å². The van der Waals surface area contributed by atoms with Gasteiger partial charge in [-0.15, -0.1) is 0 Å². The lowest BCUT2D eigenvalue weighted by atomic mass is 9.98. The Bertz CT molecular complexity index is 1350. The lowest BCUT2D eigenvalue weighted by molar-refractivity contribution is -0.126. The van der Waals surface area contributed by atoms with E-state index in [1.807, 2.05) is 25.4 Å². The maximum Gasteiger partial charge on any atom is 0.227 e. The fourth-order valence-electron chi connectivity index (χ4n) is 4.38. The SMILES string of the molecule is COC[C@H](O)Cn1cc(-c2cc3c(N4CC(C(=O)N[C@@H](C)c5ccc(F)cc5)C4)ncnn3c2)cn1. The molecule has 188 valence electrons. The normalized spacial score (nSPS) is 15.6. The topological polar surface area (TPSA) is 110 Å². The summed E-state index contributed by atoms with van der Waals surface area (Å²) in [5, 5.41) is 21.6. The highest BCUT2D eigenvalue weighted by molar-refractivity contribution is 5.84. The molecule has 0 unspecified atom stereocenters. The minimum absolute atomic E-state index is 0.0349. The number of halogens is 1. The van der Waals surface area contributed by atoms with E-state index < -0.39 is 6.10 Å². The first-order valence-electron chi connectivity index (χ1n) is 11.7. The summed E-state index contributed by atoms with van der Waals surface area (Å²) in [5.74, 6) is 0.266. The van der Waals surface area contributed by atoms with Crippen molar-refractivity contribution in [3.05, 3.63) is 66.6 Å². The average Bonchev–Trinajstić information content (AvgIpc) is 3.46. The first-order valence-corrected chi connectivity index (χ1v) is 11.7. The zero-order valence-corrected chi connectivity index (χ0v) is 20.1. The fourth-order valence-corrected chi connectivity index (χ4v) is 4.38. The number of carbonyl (C=O) groups is 1. The number of hydrogen-bond donors (Lipinski definition) is 2. The van der Waals surface area contributed by atoms with E-state index in [1.165, 1.54) is 18.5 Å². The van der Waals surface area contributed by atoms with Crippen molar-refractivity contribution in [1.29, 1.82) is 0 Å². The zero-order chi connectivity index (χ0) is 25.2. The van der Waals surface area contributed by atoms with Crippen LogP contribution in [-0.4, -0.2) is 68.3 Å². The van der Waals surface area contributed by atoms with E-state index in [4.69, 9.17) is 4.74 Å². The molecule has 11 heteroatoms. The molecule has 1 aromatic carbocycles. The monoisotopic (exact) mass is 493 g/mol. The Morgan fingerprint density at radius 2 is 2.00 bits per heavy atom. The number of amides is 1. The molecule has 1 aliphatic heterocycles. The Balaban J connectivity index is 1.24. The minimum atomic E-state index is -0.636. The van der Waals surface area contributed by atoms with Crippen molar-refractivity contribution in [2.24, 2.45) is 5.92 Å². The van der Waals surface area contributed by atoms with Crippen LogP contribution in [0.15, 0.2) is 55.2 Å². The Morgan fingerprint density at radius 3 is 2.75 bits per heavy atom. The second-order valence-corrected chi connectivity index (χ2v) is 9.09. The average molecular weight is 494 g/mol. The summed E-state index contributed by atoms with van der Waals surface area (Å²) < 4.78 is 21.6. The van der Waals surface area contributed by atoms with Crippen LogP contribution in [0.25, 0.3) is 16.6 Å². The number of fused-ring (bicyclic) bond motifs is 1. The number of hydrogen-bond acceptors (Lipinski definition) is 7. The predicted octanol–water partition coefficient (Wildman–Crippen LogP) is 2.05. The Hall–Kier alpha value is -3.83. The van der Waals surface area contributed by atoms with Gasteiger partial charge in [-0.05, 0) is 30.7 Å². The van der Waals surface area contributed by atoms with Gasteiger partial charge in [0.25, 0.3) is 0 Å². The molecule has 0 saturated carbocycles. The van der Waals surface area contributed by atoms with Gasteiger partial charge >= 0.3 is 0 Å². The van der Waals surface area contributed by atoms with Crippen molar-refractivity contribution in [1.82, 2.24) is 29.7 Å². The first kappa shape index (κ1) is 23.9. The summed E-state index contributed by atoms with van der Waals surface area (Å²) in [4.78, 5) is 19.3. The van der Waals surface area contributed by atoms with Crippen molar-refractivity contribution in [2.75, 3.05) is 31.7 Å². The van der Waals surface area contributed by atoms with E-state index in [1.54, 1.807) is 34.6 Å². The number of nitrogens with one attached hydrogen (secondary N) is 1. The minimum Gasteiger partial charge on any atom is -0.389 e. The third kappa shape index (κ3) is 4.93. The molecule has 2 atom stereocenters. The van der Waals surface area contributed by atoms with Gasteiger partial charge in [0, 0.05) is 43.7 Å². The van der Waals surface area contributed by atoms with Gasteiger partial charge in [0.15, 0.2) is 5.82 Å². The number of benzene rings is 1. The summed E-state index contributed by atoms with van der Waals surface area (Å²) in [6.07, 6.45) is 6.38. The highest BCUT2D eigenvalue weighted by Crippen LogP contribution is 2.30. The Morgan fingerprint density at radius 1 is 1.22 bits per heavy atom. The predicted molar refractivity (Wildman–Crippen MR) is 131 cm³/mol. The van der Waals surface area contributed by atoms with Gasteiger partial charge in [-0.2, -0.15) is 10.2 Å². The van der Waals surface area contributed by atoms with Gasteiger partial charge in [-0.1, -0.05) is 12.1 Å². The molecule has 0 spiro atoms. The fraction of sp³-hybridized carbons (Fsp3) is 0.360. The maximum absolute atomic E-state index is 13.2. The number of carbonyl (C=O) groups excluding carboxylic acids is 1. The van der Waals surface area contributed by atoms with E-state index >= 15 is 0 Å². The number of ether oxygens (including phenoxy) is 1. The molecule has 0 radical (unpaired) electrons. The van der Waals surface area contributed by atoms with Crippen LogP contribution in [0.2, 0.25) is 0 Å². The van der Waals surface area contributed by atoms with Crippen molar-refractivity contribution in [3.8, 4) is 11.1 Å². The van der Waals surface area contributed by atoms with E-state index in [-0.39, 0.29) is 30.3 Å². The number of aliphatic hydroxyl groups excluding tert-OH is 1. The second-order valence-electron chi connectivity index (χ2n) is 9.09. The van der Waals surface area contributed by atoms with Crippen LogP contribution < -0.4 is 10.2 Å². The van der Waals surface area contributed by atoms with Crippen molar-refractivity contribution >= 4 is 17.2 Å². The van der Waals surface area contributed by atoms with E-state index in [0.29, 0.717) is 19.6 Å². The standard InChI is InChI=1S/C25H28FN7O3/c1-16(17-3-5-21(26)6-4-17)30-25(35)20-9-31(10-20)24-23-7-18(12-33(23)29-15-27-24)19-8-28-32(11-19)13-22(34)14-36-2/h3-8,11-12,15-16,20,22,34H,9-10,13-14H2,1-2H3,(H,30,35)/t16-,22+/m0/s1. The summed E-state index contributed by atoms with van der Waals surface area (Å²) >= 11 is 0. The van der Waals surface area contributed by atoms with E-state index in [2.05, 4.69) is 25.4 Å². The van der Waals surface area contributed by atoms with Crippen LogP contribution in [0.4, 0.5) is 10.2 Å². The summed E-state index contributed by atoms with van der Waals surface area (Å²) in [6, 6.07) is 7.94. The Labute approximate surface area is 207 Å². The number of methoxy groups -OCH3 is 1. The van der Waals surface area contributed by atoms with Crippen molar-refractivity contribution < 1.29 is 19.0 Å². The first-order chi connectivity index (χ1) is 17.4. The molecule has 0 bridgehead atoms. The van der Waals surface area contributed by atoms with Crippen LogP contribution in [0.1, 0.15) is 18.5 Å². The van der Waals surface area contributed by atoms with Crippen molar-refractivity contribution in [2.45, 2.75) is 25.6 Å². The van der Waals surface area contributed by atoms with Crippen LogP contribution in [0.3, 0.4) is 0 Å². The molecular weight excluding hydrogens is 465 g/mol. The molecular formula is C25H28FN7O3. The maximum atomic E-state index is 13.2. The largest absolute Gasteiger partial charge is 0.389 e. The third-order valence-corrected chi connectivity index (χ3v) is 6.39. The molecule has 1 aliphatic rings. The molecule has 1 saturated heterocycles. The molecule has 1 amide bonds. The highest BCUT2D eigenvalue weighted by atomic mass is 19.1. The number of aliphatic hydroxyl groups is 1. The van der Waals surface area contributed by atoms with Crippen molar-refractivity contribution in [3.63, 3.8) is 0 Å². The molecule has 10 nitrogen and oxygen atoms in total. The summed E-state index contributed by atoms with van der Waals surface area (Å²) in [7, 11) is 1.55. The Kier molecular flexibility index (Phi) is 6.66. The number of aromatic nitrogens is 5. The molecule has 3 aromatic heterocycles. The smallest absolute Gasteiger partial charge is 0.227 e. The third-order valence-electron chi connectivity index (χ3n) is 6.39. The quantitative estimate of drug-likeness (QED) is 0.367. The molecule has 4 aromatic rings. The molecule has 2 N–H and O–H groups in total.